The fourth-order valence-electron chi connectivity index (χ4n) is 2.77. The van der Waals surface area contributed by atoms with Crippen molar-refractivity contribution in [2.45, 2.75) is 20.4 Å². The summed E-state index contributed by atoms with van der Waals surface area (Å²) in [6.45, 7) is 3.75. The van der Waals surface area contributed by atoms with E-state index in [-0.39, 0.29) is 24.2 Å². The Morgan fingerprint density at radius 1 is 1.22 bits per heavy atom. The molecule has 3 aromatic rings. The highest BCUT2D eigenvalue weighted by Gasteiger charge is 2.17. The fourth-order valence-corrected chi connectivity index (χ4v) is 2.77. The van der Waals surface area contributed by atoms with Gasteiger partial charge >= 0.3 is 5.97 Å². The maximum absolute atomic E-state index is 12.8. The molecule has 0 amide bonds. The first-order valence-corrected chi connectivity index (χ1v) is 8.39. The van der Waals surface area contributed by atoms with E-state index >= 15 is 0 Å². The van der Waals surface area contributed by atoms with Gasteiger partial charge in [0.15, 0.2) is 0 Å². The molecule has 2 aromatic heterocycles. The molecule has 3 rings (SSSR count). The number of carbonyl (C=O) groups is 1. The zero-order chi connectivity index (χ0) is 19.6. The van der Waals surface area contributed by atoms with E-state index in [9.17, 15) is 14.4 Å². The minimum Gasteiger partial charge on any atom is -0.497 e. The highest BCUT2D eigenvalue weighted by molar-refractivity contribution is 5.93. The number of fused-ring (bicyclic) bond motifs is 1. The van der Waals surface area contributed by atoms with Gasteiger partial charge in [0.05, 0.1) is 26.0 Å². The number of aromatic amines is 1. The number of nitrogens with one attached hydrogen (secondary N) is 1. The molecule has 0 bridgehead atoms. The second-order valence-corrected chi connectivity index (χ2v) is 5.92. The third-order valence-corrected chi connectivity index (χ3v) is 4.14. The van der Waals surface area contributed by atoms with Crippen LogP contribution in [0.2, 0.25) is 0 Å². The topological polar surface area (TPSA) is 103 Å². The molecule has 2 heterocycles. The van der Waals surface area contributed by atoms with Gasteiger partial charge in [-0.25, -0.2) is 9.48 Å². The van der Waals surface area contributed by atoms with Gasteiger partial charge in [0.2, 0.25) is 0 Å². The second-order valence-electron chi connectivity index (χ2n) is 5.92. The number of benzene rings is 1. The number of esters is 1. The standard InChI is InChI=1S/C19H19N3O5/c1-4-27-19(25)15-9-14-11(2)21-22(18(24)16(14)20-17(15)23)10-12-5-7-13(26-3)8-6-12/h5-9H,4,10H2,1-3H3,(H,20,23). The average molecular weight is 369 g/mol. The molecule has 0 spiro atoms. The predicted octanol–water partition coefficient (Wildman–Crippen LogP) is 1.63. The molecule has 0 unspecified atom stereocenters. The molecule has 27 heavy (non-hydrogen) atoms. The summed E-state index contributed by atoms with van der Waals surface area (Å²) in [6.07, 6.45) is 0. The first-order chi connectivity index (χ1) is 12.9. The van der Waals surface area contributed by atoms with E-state index in [1.807, 2.05) is 12.1 Å². The van der Waals surface area contributed by atoms with Crippen LogP contribution in [0.15, 0.2) is 39.9 Å². The molecule has 0 aliphatic carbocycles. The Bertz CT molecular complexity index is 1110. The van der Waals surface area contributed by atoms with Gasteiger partial charge in [-0.15, -0.1) is 0 Å². The molecule has 0 fully saturated rings. The number of aromatic nitrogens is 3. The van der Waals surface area contributed by atoms with E-state index in [4.69, 9.17) is 9.47 Å². The van der Waals surface area contributed by atoms with Crippen LogP contribution in [0.3, 0.4) is 0 Å². The van der Waals surface area contributed by atoms with Crippen molar-refractivity contribution in [1.29, 1.82) is 0 Å². The Kier molecular flexibility index (Phi) is 5.07. The van der Waals surface area contributed by atoms with Crippen LogP contribution in [0, 0.1) is 6.92 Å². The number of H-pyrrole nitrogens is 1. The van der Waals surface area contributed by atoms with Gasteiger partial charge in [0, 0.05) is 5.39 Å². The molecule has 8 nitrogen and oxygen atoms in total. The maximum Gasteiger partial charge on any atom is 0.343 e. The number of hydrogen-bond donors (Lipinski definition) is 1. The van der Waals surface area contributed by atoms with Crippen molar-refractivity contribution in [2.24, 2.45) is 0 Å². The smallest absolute Gasteiger partial charge is 0.343 e. The quantitative estimate of drug-likeness (QED) is 0.686. The largest absolute Gasteiger partial charge is 0.497 e. The summed E-state index contributed by atoms with van der Waals surface area (Å²) < 4.78 is 11.3. The van der Waals surface area contributed by atoms with E-state index in [2.05, 4.69) is 10.1 Å². The van der Waals surface area contributed by atoms with Crippen LogP contribution in [0.1, 0.15) is 28.5 Å². The van der Waals surface area contributed by atoms with Crippen molar-refractivity contribution in [3.63, 3.8) is 0 Å². The minimum absolute atomic E-state index is 0.106. The normalized spacial score (nSPS) is 10.8. The highest BCUT2D eigenvalue weighted by Crippen LogP contribution is 2.14. The summed E-state index contributed by atoms with van der Waals surface area (Å²) in [5.41, 5.74) is 0.212. The van der Waals surface area contributed by atoms with Crippen LogP contribution < -0.4 is 15.9 Å². The lowest BCUT2D eigenvalue weighted by Gasteiger charge is -2.10. The molecule has 0 radical (unpaired) electrons. The SMILES string of the molecule is CCOC(=O)c1cc2c(C)nn(Cc3ccc(OC)cc3)c(=O)c2[nH]c1=O. The van der Waals surface area contributed by atoms with Crippen molar-refractivity contribution in [1.82, 2.24) is 14.8 Å². The van der Waals surface area contributed by atoms with Gasteiger partial charge in [0.1, 0.15) is 16.8 Å². The molecular formula is C19H19N3O5. The lowest BCUT2D eigenvalue weighted by Crippen LogP contribution is -2.28. The van der Waals surface area contributed by atoms with Gasteiger partial charge in [-0.05, 0) is 37.6 Å². The average Bonchev–Trinajstić information content (AvgIpc) is 2.66. The molecular weight excluding hydrogens is 350 g/mol. The zero-order valence-corrected chi connectivity index (χ0v) is 15.2. The Morgan fingerprint density at radius 2 is 1.93 bits per heavy atom. The van der Waals surface area contributed by atoms with Gasteiger partial charge in [-0.3, -0.25) is 9.59 Å². The molecule has 0 aliphatic rings. The highest BCUT2D eigenvalue weighted by atomic mass is 16.5. The summed E-state index contributed by atoms with van der Waals surface area (Å²) in [5, 5.41) is 4.72. The minimum atomic E-state index is -0.734. The molecule has 1 aromatic carbocycles. The fraction of sp³-hybridized carbons (Fsp3) is 0.263. The van der Waals surface area contributed by atoms with Gasteiger partial charge in [0.25, 0.3) is 11.1 Å². The van der Waals surface area contributed by atoms with Crippen molar-refractivity contribution < 1.29 is 14.3 Å². The third-order valence-electron chi connectivity index (χ3n) is 4.14. The molecule has 0 saturated carbocycles. The molecule has 0 saturated heterocycles. The Morgan fingerprint density at radius 3 is 2.56 bits per heavy atom. The number of hydrogen-bond acceptors (Lipinski definition) is 6. The second kappa shape index (κ2) is 7.45. The number of ether oxygens (including phenoxy) is 2. The number of pyridine rings is 1. The molecule has 1 N–H and O–H groups in total. The maximum atomic E-state index is 12.8. The molecule has 0 aliphatic heterocycles. The van der Waals surface area contributed by atoms with Gasteiger partial charge in [-0.2, -0.15) is 5.10 Å². The first kappa shape index (κ1) is 18.4. The third kappa shape index (κ3) is 3.59. The Balaban J connectivity index is 2.07. The van der Waals surface area contributed by atoms with Gasteiger partial charge in [-0.1, -0.05) is 12.1 Å². The first-order valence-electron chi connectivity index (χ1n) is 8.39. The number of carbonyl (C=O) groups excluding carboxylic acids is 1. The molecule has 0 atom stereocenters. The number of methoxy groups -OCH3 is 1. The van der Waals surface area contributed by atoms with Crippen LogP contribution in [0.5, 0.6) is 5.75 Å². The van der Waals surface area contributed by atoms with E-state index in [0.29, 0.717) is 16.8 Å². The van der Waals surface area contributed by atoms with Crippen molar-refractivity contribution >= 4 is 16.9 Å². The predicted molar refractivity (Wildman–Crippen MR) is 99.4 cm³/mol. The summed E-state index contributed by atoms with van der Waals surface area (Å²) >= 11 is 0. The van der Waals surface area contributed by atoms with Crippen LogP contribution >= 0.6 is 0 Å². The van der Waals surface area contributed by atoms with Crippen LogP contribution in [0.25, 0.3) is 10.9 Å². The Hall–Kier alpha value is -3.42. The lowest BCUT2D eigenvalue weighted by atomic mass is 10.1. The molecule has 140 valence electrons. The van der Waals surface area contributed by atoms with E-state index < -0.39 is 17.1 Å². The van der Waals surface area contributed by atoms with Crippen molar-refractivity contribution in [3.05, 3.63) is 67.9 Å². The van der Waals surface area contributed by atoms with E-state index in [1.165, 1.54) is 10.7 Å². The van der Waals surface area contributed by atoms with Crippen LogP contribution in [-0.4, -0.2) is 34.5 Å². The summed E-state index contributed by atoms with van der Waals surface area (Å²) in [5.74, 6) is -0.0213. The summed E-state index contributed by atoms with van der Waals surface area (Å²) in [6, 6.07) is 8.61. The zero-order valence-electron chi connectivity index (χ0n) is 15.2. The lowest BCUT2D eigenvalue weighted by molar-refractivity contribution is 0.0524. The molecule has 8 heteroatoms. The monoisotopic (exact) mass is 369 g/mol. The van der Waals surface area contributed by atoms with E-state index in [0.717, 1.165) is 5.56 Å². The van der Waals surface area contributed by atoms with Crippen LogP contribution in [0.4, 0.5) is 0 Å². The summed E-state index contributed by atoms with van der Waals surface area (Å²) in [7, 11) is 1.58. The number of aryl methyl sites for hydroxylation is 1. The number of nitrogens with zero attached hydrogens (tertiary/aromatic N) is 2. The van der Waals surface area contributed by atoms with Crippen LogP contribution in [-0.2, 0) is 11.3 Å². The Labute approximate surface area is 154 Å². The van der Waals surface area contributed by atoms with Gasteiger partial charge < -0.3 is 14.5 Å². The number of rotatable bonds is 5. The summed E-state index contributed by atoms with van der Waals surface area (Å²) in [4.78, 5) is 39.4. The van der Waals surface area contributed by atoms with E-state index in [1.54, 1.807) is 33.1 Å². The van der Waals surface area contributed by atoms with Crippen molar-refractivity contribution in [3.8, 4) is 5.75 Å². The van der Waals surface area contributed by atoms with Crippen molar-refractivity contribution in [2.75, 3.05) is 13.7 Å².